The van der Waals surface area contributed by atoms with Crippen LogP contribution in [0.2, 0.25) is 0 Å². The first-order valence-corrected chi connectivity index (χ1v) is 7.93. The first kappa shape index (κ1) is 17.2. The molecule has 1 amide bonds. The van der Waals surface area contributed by atoms with Crippen molar-refractivity contribution in [2.75, 3.05) is 19.6 Å². The van der Waals surface area contributed by atoms with Crippen LogP contribution < -0.4 is 5.32 Å². The average molecular weight is 327 g/mol. The molecule has 1 aromatic carbocycles. The molecule has 122 valence electrons. The van der Waals surface area contributed by atoms with Gasteiger partial charge in [-0.2, -0.15) is 0 Å². The van der Waals surface area contributed by atoms with E-state index in [2.05, 4.69) is 12.2 Å². The lowest BCUT2D eigenvalue weighted by Gasteiger charge is -2.32. The molecule has 2 aliphatic rings. The lowest BCUT2D eigenvalue weighted by molar-refractivity contribution is -0.137. The summed E-state index contributed by atoms with van der Waals surface area (Å²) >= 11 is 0. The zero-order valence-electron chi connectivity index (χ0n) is 12.9. The van der Waals surface area contributed by atoms with Crippen molar-refractivity contribution >= 4 is 18.3 Å². The Balaban J connectivity index is 0.00000176. The maximum atomic E-state index is 13.5. The number of rotatable bonds is 2. The summed E-state index contributed by atoms with van der Waals surface area (Å²) in [5.74, 6) is 0.478. The van der Waals surface area contributed by atoms with E-state index < -0.39 is 0 Å². The van der Waals surface area contributed by atoms with Crippen LogP contribution in [-0.2, 0) is 4.79 Å². The zero-order valence-corrected chi connectivity index (χ0v) is 13.7. The highest BCUT2D eigenvalue weighted by Gasteiger charge is 2.38. The van der Waals surface area contributed by atoms with Gasteiger partial charge in [-0.25, -0.2) is 4.39 Å². The van der Waals surface area contributed by atoms with E-state index in [1.807, 2.05) is 11.0 Å². The van der Waals surface area contributed by atoms with E-state index in [1.165, 1.54) is 6.07 Å². The first-order chi connectivity index (χ1) is 10.2. The number of halogens is 2. The van der Waals surface area contributed by atoms with E-state index in [-0.39, 0.29) is 36.1 Å². The Hall–Kier alpha value is -1.13. The zero-order chi connectivity index (χ0) is 14.8. The first-order valence-electron chi connectivity index (χ1n) is 7.93. The molecule has 0 bridgehead atoms. The minimum atomic E-state index is -0.224. The van der Waals surface area contributed by atoms with Crippen LogP contribution in [0.5, 0.6) is 0 Å². The molecule has 0 aliphatic carbocycles. The molecule has 22 heavy (non-hydrogen) atoms. The van der Waals surface area contributed by atoms with Crippen molar-refractivity contribution in [2.24, 2.45) is 11.8 Å². The maximum absolute atomic E-state index is 13.5. The van der Waals surface area contributed by atoms with Crippen molar-refractivity contribution in [3.05, 3.63) is 35.6 Å². The second kappa shape index (κ2) is 7.42. The Bertz CT molecular complexity index is 519. The Labute approximate surface area is 137 Å². The summed E-state index contributed by atoms with van der Waals surface area (Å²) in [5, 5.41) is 3.31. The van der Waals surface area contributed by atoms with Gasteiger partial charge in [0.05, 0.1) is 12.0 Å². The molecule has 5 heteroatoms. The number of hydrogen-bond donors (Lipinski definition) is 1. The summed E-state index contributed by atoms with van der Waals surface area (Å²) in [7, 11) is 0. The highest BCUT2D eigenvalue weighted by Crippen LogP contribution is 2.38. The molecular formula is C17H24ClFN2O. The molecule has 0 spiro atoms. The van der Waals surface area contributed by atoms with Gasteiger partial charge < -0.3 is 10.2 Å². The number of carbonyl (C=O) groups is 1. The summed E-state index contributed by atoms with van der Waals surface area (Å²) in [4.78, 5) is 14.8. The van der Waals surface area contributed by atoms with E-state index in [4.69, 9.17) is 0 Å². The minimum absolute atomic E-state index is 0. The fourth-order valence-electron chi connectivity index (χ4n) is 3.69. The average Bonchev–Trinajstić information content (AvgIpc) is 2.89. The van der Waals surface area contributed by atoms with Gasteiger partial charge >= 0.3 is 0 Å². The maximum Gasteiger partial charge on any atom is 0.227 e. The van der Waals surface area contributed by atoms with Crippen LogP contribution in [0.15, 0.2) is 24.3 Å². The summed E-state index contributed by atoms with van der Waals surface area (Å²) in [6, 6.07) is 6.73. The van der Waals surface area contributed by atoms with Gasteiger partial charge in [-0.05, 0) is 49.4 Å². The lowest BCUT2D eigenvalue weighted by atomic mass is 9.93. The van der Waals surface area contributed by atoms with Crippen LogP contribution in [0, 0.1) is 17.7 Å². The van der Waals surface area contributed by atoms with E-state index in [1.54, 1.807) is 12.1 Å². The Morgan fingerprint density at radius 3 is 2.86 bits per heavy atom. The van der Waals surface area contributed by atoms with Crippen molar-refractivity contribution in [1.82, 2.24) is 10.2 Å². The second-order valence-corrected chi connectivity index (χ2v) is 6.34. The van der Waals surface area contributed by atoms with Crippen molar-refractivity contribution in [3.8, 4) is 0 Å². The third kappa shape index (κ3) is 3.44. The van der Waals surface area contributed by atoms with Gasteiger partial charge in [-0.3, -0.25) is 4.79 Å². The van der Waals surface area contributed by atoms with E-state index in [0.29, 0.717) is 5.92 Å². The second-order valence-electron chi connectivity index (χ2n) is 6.34. The third-order valence-electron chi connectivity index (χ3n) is 4.82. The molecule has 2 aliphatic heterocycles. The number of nitrogens with one attached hydrogen (secondary N) is 1. The summed E-state index contributed by atoms with van der Waals surface area (Å²) in [5.41, 5.74) is 0.928. The fourth-order valence-corrected chi connectivity index (χ4v) is 3.69. The largest absolute Gasteiger partial charge is 0.335 e. The fraction of sp³-hybridized carbons (Fsp3) is 0.588. The Kier molecular flexibility index (Phi) is 5.81. The minimum Gasteiger partial charge on any atom is -0.335 e. The van der Waals surface area contributed by atoms with Gasteiger partial charge in [0.2, 0.25) is 5.91 Å². The molecule has 3 rings (SSSR count). The van der Waals surface area contributed by atoms with Gasteiger partial charge in [0.15, 0.2) is 0 Å². The van der Waals surface area contributed by atoms with Crippen LogP contribution in [0.1, 0.15) is 37.8 Å². The summed E-state index contributed by atoms with van der Waals surface area (Å²) in [6.07, 6.45) is 3.02. The Morgan fingerprint density at radius 1 is 1.36 bits per heavy atom. The van der Waals surface area contributed by atoms with Crippen LogP contribution in [-0.4, -0.2) is 30.4 Å². The van der Waals surface area contributed by atoms with Gasteiger partial charge in [0.1, 0.15) is 5.82 Å². The van der Waals surface area contributed by atoms with E-state index in [0.717, 1.165) is 44.5 Å². The standard InChI is InChI=1S/C17H23FN2O.ClH/c1-12-7-9-20(17(21)14-5-3-8-19-11-14)16(12)13-4-2-6-15(18)10-13;/h2,4,6,10,12,14,16,19H,3,5,7-9,11H2,1H3;1H. The molecule has 2 fully saturated rings. The molecule has 2 heterocycles. The van der Waals surface area contributed by atoms with E-state index >= 15 is 0 Å². The van der Waals surface area contributed by atoms with Crippen molar-refractivity contribution in [1.29, 1.82) is 0 Å². The molecule has 0 aromatic heterocycles. The van der Waals surface area contributed by atoms with Crippen LogP contribution in [0.25, 0.3) is 0 Å². The molecule has 3 nitrogen and oxygen atoms in total. The molecule has 0 radical (unpaired) electrons. The predicted molar refractivity (Wildman–Crippen MR) is 87.5 cm³/mol. The lowest BCUT2D eigenvalue weighted by Crippen LogP contribution is -2.43. The van der Waals surface area contributed by atoms with Crippen molar-refractivity contribution in [2.45, 2.75) is 32.2 Å². The van der Waals surface area contributed by atoms with Crippen molar-refractivity contribution < 1.29 is 9.18 Å². The van der Waals surface area contributed by atoms with Crippen LogP contribution in [0.3, 0.4) is 0 Å². The topological polar surface area (TPSA) is 32.3 Å². The summed E-state index contributed by atoms with van der Waals surface area (Å²) < 4.78 is 13.5. The Morgan fingerprint density at radius 2 is 2.18 bits per heavy atom. The normalized spacial score (nSPS) is 28.3. The molecule has 2 saturated heterocycles. The molecular weight excluding hydrogens is 303 g/mol. The third-order valence-corrected chi connectivity index (χ3v) is 4.82. The number of amides is 1. The van der Waals surface area contributed by atoms with Gasteiger partial charge in [0.25, 0.3) is 0 Å². The number of piperidine rings is 1. The molecule has 0 saturated carbocycles. The quantitative estimate of drug-likeness (QED) is 0.905. The molecule has 1 aromatic rings. The summed E-state index contributed by atoms with van der Waals surface area (Å²) in [6.45, 7) is 4.73. The van der Waals surface area contributed by atoms with Crippen molar-refractivity contribution in [3.63, 3.8) is 0 Å². The number of hydrogen-bond acceptors (Lipinski definition) is 2. The number of nitrogens with zero attached hydrogens (tertiary/aromatic N) is 1. The molecule has 3 atom stereocenters. The monoisotopic (exact) mass is 326 g/mol. The number of likely N-dealkylation sites (tertiary alicyclic amines) is 1. The van der Waals surface area contributed by atoms with Gasteiger partial charge in [0, 0.05) is 13.1 Å². The van der Waals surface area contributed by atoms with Gasteiger partial charge in [-0.15, -0.1) is 12.4 Å². The van der Waals surface area contributed by atoms with Crippen LogP contribution in [0.4, 0.5) is 4.39 Å². The van der Waals surface area contributed by atoms with Gasteiger partial charge in [-0.1, -0.05) is 19.1 Å². The SMILES string of the molecule is CC1CCN(C(=O)C2CCCNC2)C1c1cccc(F)c1.Cl. The molecule has 1 N–H and O–H groups in total. The molecule has 3 unspecified atom stereocenters. The number of carbonyl (C=O) groups excluding carboxylic acids is 1. The number of benzene rings is 1. The smallest absolute Gasteiger partial charge is 0.227 e. The predicted octanol–water partition coefficient (Wildman–Crippen LogP) is 3.16. The van der Waals surface area contributed by atoms with E-state index in [9.17, 15) is 9.18 Å². The van der Waals surface area contributed by atoms with Crippen LogP contribution >= 0.6 is 12.4 Å². The highest BCUT2D eigenvalue weighted by molar-refractivity contribution is 5.85. The highest BCUT2D eigenvalue weighted by atomic mass is 35.5.